The van der Waals surface area contributed by atoms with Gasteiger partial charge in [-0.05, 0) is 52.0 Å². The minimum absolute atomic E-state index is 0.530. The van der Waals surface area contributed by atoms with Crippen LogP contribution in [0.15, 0.2) is 24.3 Å². The summed E-state index contributed by atoms with van der Waals surface area (Å²) in [7, 11) is 0. The van der Waals surface area contributed by atoms with Crippen LogP contribution in [0.25, 0.3) is 0 Å². The Morgan fingerprint density at radius 1 is 1.15 bits per heavy atom. The molecular weight excluding hydrogens is 260 g/mol. The quantitative estimate of drug-likeness (QED) is 0.789. The second-order valence-electron chi connectivity index (χ2n) is 5.41. The van der Waals surface area contributed by atoms with Gasteiger partial charge in [0.05, 0.1) is 0 Å². The monoisotopic (exact) mass is 280 g/mol. The van der Waals surface area contributed by atoms with E-state index in [0.717, 1.165) is 0 Å². The van der Waals surface area contributed by atoms with Gasteiger partial charge in [-0.2, -0.15) is 0 Å². The third-order valence-corrected chi connectivity index (χ3v) is 2.28. The first-order valence-corrected chi connectivity index (χ1v) is 6.27. The molecule has 0 aromatic heterocycles. The SMILES string of the molecule is CC(Nc1ccc(NC(=O)OC(C)(C)C)cc1)C(=O)O. The molecule has 110 valence electrons. The predicted octanol–water partition coefficient (Wildman–Crippen LogP) is 2.92. The molecule has 0 aliphatic heterocycles. The van der Waals surface area contributed by atoms with E-state index in [4.69, 9.17) is 9.84 Å². The van der Waals surface area contributed by atoms with Gasteiger partial charge in [0.25, 0.3) is 0 Å². The van der Waals surface area contributed by atoms with Gasteiger partial charge >= 0.3 is 12.1 Å². The average molecular weight is 280 g/mol. The fraction of sp³-hybridized carbons (Fsp3) is 0.429. The molecule has 1 atom stereocenters. The zero-order chi connectivity index (χ0) is 15.3. The lowest BCUT2D eigenvalue weighted by Crippen LogP contribution is -2.27. The molecule has 6 nitrogen and oxygen atoms in total. The van der Waals surface area contributed by atoms with E-state index >= 15 is 0 Å². The third kappa shape index (κ3) is 5.60. The van der Waals surface area contributed by atoms with Gasteiger partial charge < -0.3 is 15.2 Å². The summed E-state index contributed by atoms with van der Waals surface area (Å²) in [5, 5.41) is 14.2. The summed E-state index contributed by atoms with van der Waals surface area (Å²) in [6.45, 7) is 6.90. The van der Waals surface area contributed by atoms with Crippen molar-refractivity contribution < 1.29 is 19.4 Å². The first-order chi connectivity index (χ1) is 9.17. The minimum Gasteiger partial charge on any atom is -0.480 e. The molecule has 0 aliphatic carbocycles. The van der Waals surface area contributed by atoms with E-state index in [1.807, 2.05) is 0 Å². The van der Waals surface area contributed by atoms with Crippen LogP contribution >= 0.6 is 0 Å². The summed E-state index contributed by atoms with van der Waals surface area (Å²) in [6, 6.07) is 6.03. The summed E-state index contributed by atoms with van der Waals surface area (Å²) < 4.78 is 5.12. The van der Waals surface area contributed by atoms with Crippen molar-refractivity contribution in [1.82, 2.24) is 0 Å². The largest absolute Gasteiger partial charge is 0.480 e. The molecule has 1 aromatic rings. The molecule has 0 fully saturated rings. The lowest BCUT2D eigenvalue weighted by atomic mass is 10.2. The first kappa shape index (κ1) is 15.8. The Hall–Kier alpha value is -2.24. The summed E-state index contributed by atoms with van der Waals surface area (Å²) >= 11 is 0. The molecule has 6 heteroatoms. The Kier molecular flexibility index (Phi) is 4.96. The van der Waals surface area contributed by atoms with Crippen LogP contribution in [0.5, 0.6) is 0 Å². The van der Waals surface area contributed by atoms with Crippen LogP contribution in [0.2, 0.25) is 0 Å². The number of carbonyl (C=O) groups excluding carboxylic acids is 1. The lowest BCUT2D eigenvalue weighted by molar-refractivity contribution is -0.137. The highest BCUT2D eigenvalue weighted by atomic mass is 16.6. The van der Waals surface area contributed by atoms with Crippen molar-refractivity contribution in [1.29, 1.82) is 0 Å². The number of amides is 1. The second-order valence-corrected chi connectivity index (χ2v) is 5.41. The van der Waals surface area contributed by atoms with Crippen molar-refractivity contribution in [2.24, 2.45) is 0 Å². The molecule has 0 bridgehead atoms. The van der Waals surface area contributed by atoms with Crippen LogP contribution in [0.3, 0.4) is 0 Å². The van der Waals surface area contributed by atoms with E-state index in [9.17, 15) is 9.59 Å². The summed E-state index contributed by atoms with van der Waals surface area (Å²) in [6.07, 6.45) is -0.530. The van der Waals surface area contributed by atoms with Gasteiger partial charge in [-0.1, -0.05) is 0 Å². The second kappa shape index (κ2) is 6.27. The average Bonchev–Trinajstić information content (AvgIpc) is 2.28. The maximum Gasteiger partial charge on any atom is 0.412 e. The maximum atomic E-state index is 11.6. The number of benzene rings is 1. The van der Waals surface area contributed by atoms with Gasteiger partial charge in [-0.3, -0.25) is 10.1 Å². The third-order valence-electron chi connectivity index (χ3n) is 2.28. The lowest BCUT2D eigenvalue weighted by Gasteiger charge is -2.19. The normalized spacial score (nSPS) is 12.4. The number of carboxylic acid groups (broad SMARTS) is 1. The number of aliphatic carboxylic acids is 1. The van der Waals surface area contributed by atoms with Crippen molar-refractivity contribution in [2.45, 2.75) is 39.3 Å². The smallest absolute Gasteiger partial charge is 0.412 e. The Balaban J connectivity index is 2.59. The van der Waals surface area contributed by atoms with Crippen molar-refractivity contribution >= 4 is 23.4 Å². The van der Waals surface area contributed by atoms with Gasteiger partial charge in [0.15, 0.2) is 0 Å². The number of carboxylic acids is 1. The highest BCUT2D eigenvalue weighted by molar-refractivity contribution is 5.85. The molecule has 0 saturated heterocycles. The fourth-order valence-electron chi connectivity index (χ4n) is 1.38. The van der Waals surface area contributed by atoms with Crippen LogP contribution in [0, 0.1) is 0 Å². The van der Waals surface area contributed by atoms with Crippen LogP contribution in [-0.2, 0) is 9.53 Å². The minimum atomic E-state index is -0.930. The van der Waals surface area contributed by atoms with Crippen LogP contribution in [0.4, 0.5) is 16.2 Å². The molecule has 0 aliphatic rings. The topological polar surface area (TPSA) is 87.7 Å². The number of anilines is 2. The predicted molar refractivity (Wildman–Crippen MR) is 77.0 cm³/mol. The van der Waals surface area contributed by atoms with Gasteiger partial charge in [0, 0.05) is 11.4 Å². The van der Waals surface area contributed by atoms with Crippen molar-refractivity contribution in [2.75, 3.05) is 10.6 Å². The number of hydrogen-bond donors (Lipinski definition) is 3. The van der Waals surface area contributed by atoms with Crippen LogP contribution in [-0.4, -0.2) is 28.8 Å². The summed E-state index contributed by atoms with van der Waals surface area (Å²) in [5.74, 6) is -0.930. The first-order valence-electron chi connectivity index (χ1n) is 6.27. The molecule has 0 spiro atoms. The number of nitrogens with one attached hydrogen (secondary N) is 2. The van der Waals surface area contributed by atoms with E-state index in [2.05, 4.69) is 10.6 Å². The Morgan fingerprint density at radius 3 is 2.10 bits per heavy atom. The number of hydrogen-bond acceptors (Lipinski definition) is 4. The molecule has 1 aromatic carbocycles. The molecule has 3 N–H and O–H groups in total. The Labute approximate surface area is 118 Å². The van der Waals surface area contributed by atoms with Gasteiger partial charge in [0.1, 0.15) is 11.6 Å². The molecule has 0 radical (unpaired) electrons. The number of rotatable bonds is 4. The molecule has 1 rings (SSSR count). The van der Waals surface area contributed by atoms with E-state index in [1.54, 1.807) is 52.0 Å². The Morgan fingerprint density at radius 2 is 1.65 bits per heavy atom. The van der Waals surface area contributed by atoms with Crippen LogP contribution < -0.4 is 10.6 Å². The number of ether oxygens (including phenoxy) is 1. The fourth-order valence-corrected chi connectivity index (χ4v) is 1.38. The summed E-state index contributed by atoms with van der Waals surface area (Å²) in [5.41, 5.74) is 0.685. The highest BCUT2D eigenvalue weighted by Crippen LogP contribution is 2.16. The van der Waals surface area contributed by atoms with Crippen LogP contribution in [0.1, 0.15) is 27.7 Å². The van der Waals surface area contributed by atoms with E-state index in [-0.39, 0.29) is 0 Å². The molecule has 1 unspecified atom stereocenters. The standard InChI is InChI=1S/C14H20N2O4/c1-9(12(17)18)15-10-5-7-11(8-6-10)16-13(19)20-14(2,3)4/h5-9,15H,1-4H3,(H,16,19)(H,17,18). The molecular formula is C14H20N2O4. The van der Waals surface area contributed by atoms with Gasteiger partial charge in [-0.15, -0.1) is 0 Å². The highest BCUT2D eigenvalue weighted by Gasteiger charge is 2.16. The number of carbonyl (C=O) groups is 2. The van der Waals surface area contributed by atoms with E-state index in [0.29, 0.717) is 11.4 Å². The van der Waals surface area contributed by atoms with Gasteiger partial charge in [0.2, 0.25) is 0 Å². The van der Waals surface area contributed by atoms with Gasteiger partial charge in [-0.25, -0.2) is 4.79 Å². The maximum absolute atomic E-state index is 11.6. The molecule has 0 heterocycles. The Bertz CT molecular complexity index is 477. The zero-order valence-electron chi connectivity index (χ0n) is 12.1. The molecule has 0 saturated carbocycles. The van der Waals surface area contributed by atoms with Crippen molar-refractivity contribution in [3.8, 4) is 0 Å². The van der Waals surface area contributed by atoms with Crippen molar-refractivity contribution in [3.05, 3.63) is 24.3 Å². The molecule has 20 heavy (non-hydrogen) atoms. The van der Waals surface area contributed by atoms with Crippen molar-refractivity contribution in [3.63, 3.8) is 0 Å². The van der Waals surface area contributed by atoms with E-state index in [1.165, 1.54) is 0 Å². The zero-order valence-corrected chi connectivity index (χ0v) is 12.1. The van der Waals surface area contributed by atoms with E-state index < -0.39 is 23.7 Å². The molecule has 1 amide bonds. The summed E-state index contributed by atoms with van der Waals surface area (Å²) in [4.78, 5) is 22.3.